The second-order valence-electron chi connectivity index (χ2n) is 5.89. The number of nitriles is 1. The molecule has 3 aromatic rings. The third kappa shape index (κ3) is 3.71. The number of nitrogens with zero attached hydrogens (tertiary/aromatic N) is 3. The van der Waals surface area contributed by atoms with Crippen molar-refractivity contribution < 1.29 is 22.0 Å². The van der Waals surface area contributed by atoms with Crippen molar-refractivity contribution in [2.24, 2.45) is 0 Å². The van der Waals surface area contributed by atoms with Gasteiger partial charge in [0.25, 0.3) is 0 Å². The number of aromatic nitrogens is 1. The quantitative estimate of drug-likeness (QED) is 0.640. The largest absolute Gasteiger partial charge is 0.495 e. The van der Waals surface area contributed by atoms with Gasteiger partial charge < -0.3 is 18.9 Å². The van der Waals surface area contributed by atoms with Crippen LogP contribution in [0.2, 0.25) is 0 Å². The summed E-state index contributed by atoms with van der Waals surface area (Å²) in [6, 6.07) is 10.00. The van der Waals surface area contributed by atoms with Crippen molar-refractivity contribution in [3.63, 3.8) is 0 Å². The minimum atomic E-state index is -3.75. The van der Waals surface area contributed by atoms with Crippen LogP contribution in [-0.4, -0.2) is 38.9 Å². The molecule has 0 atom stereocenters. The van der Waals surface area contributed by atoms with E-state index in [-0.39, 0.29) is 28.1 Å². The fourth-order valence-electron chi connectivity index (χ4n) is 2.43. The number of anilines is 1. The van der Waals surface area contributed by atoms with Gasteiger partial charge in [-0.25, -0.2) is 12.7 Å². The molecule has 2 heterocycles. The summed E-state index contributed by atoms with van der Waals surface area (Å²) in [5, 5.41) is 12.3. The highest BCUT2D eigenvalue weighted by molar-refractivity contribution is 7.89. The first-order chi connectivity index (χ1) is 13.4. The van der Waals surface area contributed by atoms with Crippen LogP contribution >= 0.6 is 0 Å². The van der Waals surface area contributed by atoms with E-state index in [4.69, 9.17) is 13.6 Å². The lowest BCUT2D eigenvalue weighted by molar-refractivity contribution is 0.400. The minimum Gasteiger partial charge on any atom is -0.495 e. The van der Waals surface area contributed by atoms with E-state index in [9.17, 15) is 13.7 Å². The Morgan fingerprint density at radius 2 is 2.11 bits per heavy atom. The molecule has 0 aliphatic heterocycles. The lowest BCUT2D eigenvalue weighted by Gasteiger charge is -2.15. The van der Waals surface area contributed by atoms with Crippen LogP contribution in [-0.2, 0) is 16.6 Å². The van der Waals surface area contributed by atoms with Crippen LogP contribution in [0.25, 0.3) is 11.5 Å². The number of oxazole rings is 1. The maximum Gasteiger partial charge on any atom is 0.246 e. The monoisotopic (exact) mass is 402 g/mol. The third-order valence-corrected chi connectivity index (χ3v) is 5.74. The molecule has 0 saturated heterocycles. The van der Waals surface area contributed by atoms with Crippen LogP contribution in [0.15, 0.2) is 50.3 Å². The van der Waals surface area contributed by atoms with Crippen molar-refractivity contribution in [2.75, 3.05) is 26.5 Å². The summed E-state index contributed by atoms with van der Waals surface area (Å²) in [5.41, 5.74) is 0.443. The zero-order valence-electron chi connectivity index (χ0n) is 15.5. The molecule has 3 rings (SSSR count). The van der Waals surface area contributed by atoms with E-state index in [0.717, 1.165) is 4.31 Å². The highest BCUT2D eigenvalue weighted by Crippen LogP contribution is 2.32. The maximum atomic E-state index is 12.6. The molecule has 0 radical (unpaired) electrons. The van der Waals surface area contributed by atoms with Gasteiger partial charge in [-0.1, -0.05) is 0 Å². The molecule has 0 unspecified atom stereocenters. The number of hydrogen-bond acceptors (Lipinski definition) is 8. The molecule has 0 aliphatic carbocycles. The Kier molecular flexibility index (Phi) is 5.39. The molecule has 1 aromatic carbocycles. The number of rotatable bonds is 7. The number of benzene rings is 1. The number of sulfonamides is 1. The molecule has 2 aromatic heterocycles. The molecule has 28 heavy (non-hydrogen) atoms. The average molecular weight is 402 g/mol. The molecule has 9 nitrogen and oxygen atoms in total. The van der Waals surface area contributed by atoms with Gasteiger partial charge in [-0.3, -0.25) is 0 Å². The topological polar surface area (TPSA) is 122 Å². The van der Waals surface area contributed by atoms with Crippen molar-refractivity contribution in [1.82, 2.24) is 9.29 Å². The Morgan fingerprint density at radius 1 is 1.32 bits per heavy atom. The predicted molar refractivity (Wildman–Crippen MR) is 100 cm³/mol. The molecule has 1 N–H and O–H groups in total. The highest BCUT2D eigenvalue weighted by Gasteiger charge is 2.24. The van der Waals surface area contributed by atoms with E-state index in [0.29, 0.717) is 17.9 Å². The number of methoxy groups -OCH3 is 1. The first-order valence-corrected chi connectivity index (χ1v) is 9.59. The molecule has 0 aliphatic rings. The van der Waals surface area contributed by atoms with Crippen LogP contribution in [0, 0.1) is 11.3 Å². The second kappa shape index (κ2) is 7.75. The van der Waals surface area contributed by atoms with Crippen LogP contribution in [0.3, 0.4) is 0 Å². The van der Waals surface area contributed by atoms with E-state index in [1.54, 1.807) is 18.2 Å². The fourth-order valence-corrected chi connectivity index (χ4v) is 3.50. The van der Waals surface area contributed by atoms with E-state index in [2.05, 4.69) is 10.3 Å². The number of furan rings is 1. The van der Waals surface area contributed by atoms with E-state index >= 15 is 0 Å². The summed E-state index contributed by atoms with van der Waals surface area (Å²) >= 11 is 0. The Labute approximate surface area is 162 Å². The second-order valence-corrected chi connectivity index (χ2v) is 8.01. The number of ether oxygens (including phenoxy) is 1. The summed E-state index contributed by atoms with van der Waals surface area (Å²) in [5.74, 6) is 1.13. The van der Waals surface area contributed by atoms with Gasteiger partial charge >= 0.3 is 0 Å². The number of nitrogens with one attached hydrogen (secondary N) is 1. The molecule has 0 bridgehead atoms. The molecular weight excluding hydrogens is 384 g/mol. The SMILES string of the molecule is COc1ccc(-c2nc(C#N)c(NCc3ccco3)o2)cc1S(=O)(=O)N(C)C. The molecule has 10 heteroatoms. The maximum absolute atomic E-state index is 12.6. The summed E-state index contributed by atoms with van der Waals surface area (Å²) in [4.78, 5) is 4.12. The Morgan fingerprint density at radius 3 is 2.71 bits per heavy atom. The van der Waals surface area contributed by atoms with Crippen molar-refractivity contribution in [1.29, 1.82) is 5.26 Å². The summed E-state index contributed by atoms with van der Waals surface area (Å²) < 4.78 is 42.3. The minimum absolute atomic E-state index is 0.0284. The summed E-state index contributed by atoms with van der Waals surface area (Å²) in [6.07, 6.45) is 1.54. The molecular formula is C18H18N4O5S. The lowest BCUT2D eigenvalue weighted by atomic mass is 10.2. The van der Waals surface area contributed by atoms with Gasteiger partial charge in [-0.05, 0) is 30.3 Å². The van der Waals surface area contributed by atoms with E-state index in [1.165, 1.54) is 39.6 Å². The first kappa shape index (κ1) is 19.5. The van der Waals surface area contributed by atoms with Crippen LogP contribution in [0.1, 0.15) is 11.5 Å². The fraction of sp³-hybridized carbons (Fsp3) is 0.222. The van der Waals surface area contributed by atoms with Crippen molar-refractivity contribution >= 4 is 15.9 Å². The normalized spacial score (nSPS) is 11.4. The first-order valence-electron chi connectivity index (χ1n) is 8.15. The average Bonchev–Trinajstić information content (AvgIpc) is 3.35. The van der Waals surface area contributed by atoms with E-state index in [1.807, 2.05) is 6.07 Å². The van der Waals surface area contributed by atoms with Gasteiger partial charge in [0, 0.05) is 19.7 Å². The van der Waals surface area contributed by atoms with Crippen molar-refractivity contribution in [3.8, 4) is 23.3 Å². The Hall–Kier alpha value is -3.29. The standard InChI is InChI=1S/C18H18N4O5S/c1-22(2)28(23,24)16-9-12(6-7-15(16)25-3)17-21-14(10-19)18(27-17)20-11-13-5-4-8-26-13/h4-9,20H,11H2,1-3H3. The zero-order chi connectivity index (χ0) is 20.3. The smallest absolute Gasteiger partial charge is 0.246 e. The summed E-state index contributed by atoms with van der Waals surface area (Å²) in [7, 11) is 0.490. The summed E-state index contributed by atoms with van der Waals surface area (Å²) in [6.45, 7) is 0.305. The molecule has 0 spiro atoms. The van der Waals surface area contributed by atoms with Crippen molar-refractivity contribution in [3.05, 3.63) is 48.0 Å². The van der Waals surface area contributed by atoms with Crippen LogP contribution in [0.5, 0.6) is 5.75 Å². The number of hydrogen-bond donors (Lipinski definition) is 1. The van der Waals surface area contributed by atoms with Crippen LogP contribution in [0.4, 0.5) is 5.88 Å². The molecule has 0 amide bonds. The van der Waals surface area contributed by atoms with Crippen molar-refractivity contribution in [2.45, 2.75) is 11.4 Å². The van der Waals surface area contributed by atoms with Gasteiger partial charge in [0.1, 0.15) is 22.5 Å². The Balaban J connectivity index is 1.98. The van der Waals surface area contributed by atoms with E-state index < -0.39 is 10.0 Å². The lowest BCUT2D eigenvalue weighted by Crippen LogP contribution is -2.22. The van der Waals surface area contributed by atoms with Crippen LogP contribution < -0.4 is 10.1 Å². The van der Waals surface area contributed by atoms with Gasteiger partial charge in [-0.2, -0.15) is 10.2 Å². The van der Waals surface area contributed by atoms with Gasteiger partial charge in [0.2, 0.25) is 27.5 Å². The molecule has 146 valence electrons. The molecule has 0 saturated carbocycles. The third-order valence-electron chi connectivity index (χ3n) is 3.91. The van der Waals surface area contributed by atoms with Gasteiger partial charge in [-0.15, -0.1) is 0 Å². The Bertz CT molecular complexity index is 1110. The highest BCUT2D eigenvalue weighted by atomic mass is 32.2. The molecule has 0 fully saturated rings. The zero-order valence-corrected chi connectivity index (χ0v) is 16.3. The van der Waals surface area contributed by atoms with Gasteiger partial charge in [0.15, 0.2) is 0 Å². The predicted octanol–water partition coefficient (Wildman–Crippen LogP) is 2.68. The van der Waals surface area contributed by atoms with Gasteiger partial charge in [0.05, 0.1) is 19.9 Å².